The lowest BCUT2D eigenvalue weighted by Crippen LogP contribution is -2.55. The summed E-state index contributed by atoms with van der Waals surface area (Å²) in [5.74, 6) is -0.482. The monoisotopic (exact) mass is 453 g/mol. The standard InChI is InChI=1S/C23H24ClN5O3/c1-15-5-4-6-19(13-15)28-12-11-27(14-16(28)2)22(31)20-21(30)26(3)23(32)29(25-20)18-9-7-17(24)8-10-18/h4-10,13,16H,11-12,14H2,1-3H3/t16-/m0/s1. The smallest absolute Gasteiger partial charge is 0.351 e. The van der Waals surface area contributed by atoms with Gasteiger partial charge in [0, 0.05) is 43.4 Å². The molecule has 2 aromatic carbocycles. The number of nitrogens with zero attached hydrogens (tertiary/aromatic N) is 5. The molecule has 1 fully saturated rings. The van der Waals surface area contributed by atoms with Gasteiger partial charge >= 0.3 is 5.69 Å². The van der Waals surface area contributed by atoms with E-state index in [9.17, 15) is 14.4 Å². The first-order valence-electron chi connectivity index (χ1n) is 10.3. The second-order valence-electron chi connectivity index (χ2n) is 8.02. The van der Waals surface area contributed by atoms with E-state index in [4.69, 9.17) is 11.6 Å². The van der Waals surface area contributed by atoms with Crippen LogP contribution >= 0.6 is 11.6 Å². The topological polar surface area (TPSA) is 80.4 Å². The van der Waals surface area contributed by atoms with Gasteiger partial charge in [-0.25, -0.2) is 4.79 Å². The maximum Gasteiger partial charge on any atom is 0.351 e. The largest absolute Gasteiger partial charge is 0.365 e. The van der Waals surface area contributed by atoms with Crippen molar-refractivity contribution in [3.63, 3.8) is 0 Å². The lowest BCUT2D eigenvalue weighted by molar-refractivity contribution is 0.0715. The Labute approximate surface area is 190 Å². The Morgan fingerprint density at radius 2 is 1.78 bits per heavy atom. The molecule has 0 saturated carbocycles. The Bertz CT molecular complexity index is 1280. The molecule has 4 rings (SSSR count). The summed E-state index contributed by atoms with van der Waals surface area (Å²) in [4.78, 5) is 42.5. The summed E-state index contributed by atoms with van der Waals surface area (Å²) < 4.78 is 1.96. The van der Waals surface area contributed by atoms with E-state index in [1.54, 1.807) is 29.2 Å². The van der Waals surface area contributed by atoms with Gasteiger partial charge in [-0.3, -0.25) is 14.2 Å². The highest BCUT2D eigenvalue weighted by molar-refractivity contribution is 6.30. The van der Waals surface area contributed by atoms with Crippen LogP contribution in [-0.2, 0) is 7.05 Å². The fraction of sp³-hybridized carbons (Fsp3) is 0.304. The number of piperazine rings is 1. The van der Waals surface area contributed by atoms with Crippen molar-refractivity contribution in [2.75, 3.05) is 24.5 Å². The van der Waals surface area contributed by atoms with Crippen molar-refractivity contribution in [2.45, 2.75) is 19.9 Å². The minimum Gasteiger partial charge on any atom is -0.365 e. The van der Waals surface area contributed by atoms with Crippen molar-refractivity contribution >= 4 is 23.2 Å². The third kappa shape index (κ3) is 4.05. The molecule has 1 atom stereocenters. The molecule has 0 unspecified atom stereocenters. The maximum atomic E-state index is 13.3. The van der Waals surface area contributed by atoms with Crippen molar-refractivity contribution in [2.24, 2.45) is 7.05 Å². The summed E-state index contributed by atoms with van der Waals surface area (Å²) in [6.45, 7) is 5.61. The highest BCUT2D eigenvalue weighted by Crippen LogP contribution is 2.22. The van der Waals surface area contributed by atoms with E-state index in [1.807, 2.05) is 26.0 Å². The van der Waals surface area contributed by atoms with Gasteiger partial charge in [0.1, 0.15) is 0 Å². The Morgan fingerprint density at radius 3 is 2.44 bits per heavy atom. The molecule has 0 bridgehead atoms. The zero-order valence-electron chi connectivity index (χ0n) is 18.2. The summed E-state index contributed by atoms with van der Waals surface area (Å²) in [5.41, 5.74) is 1.07. The van der Waals surface area contributed by atoms with Crippen molar-refractivity contribution < 1.29 is 4.79 Å². The van der Waals surface area contributed by atoms with Crippen LogP contribution in [-0.4, -0.2) is 50.8 Å². The van der Waals surface area contributed by atoms with E-state index < -0.39 is 17.2 Å². The molecule has 0 radical (unpaired) electrons. The second-order valence-corrected chi connectivity index (χ2v) is 8.45. The number of amides is 1. The van der Waals surface area contributed by atoms with Crippen LogP contribution in [0, 0.1) is 6.92 Å². The van der Waals surface area contributed by atoms with Crippen molar-refractivity contribution in [3.05, 3.63) is 85.6 Å². The van der Waals surface area contributed by atoms with Gasteiger partial charge in [-0.05, 0) is 55.8 Å². The summed E-state index contributed by atoms with van der Waals surface area (Å²) >= 11 is 5.93. The lowest BCUT2D eigenvalue weighted by atomic mass is 10.1. The minimum absolute atomic E-state index is 0.0560. The number of carbonyl (C=O) groups is 1. The van der Waals surface area contributed by atoms with Gasteiger partial charge in [-0.1, -0.05) is 23.7 Å². The van der Waals surface area contributed by atoms with E-state index >= 15 is 0 Å². The van der Waals surface area contributed by atoms with E-state index in [0.717, 1.165) is 14.9 Å². The van der Waals surface area contributed by atoms with Crippen LogP contribution in [0.2, 0.25) is 5.02 Å². The quantitative estimate of drug-likeness (QED) is 0.607. The predicted molar refractivity (Wildman–Crippen MR) is 124 cm³/mol. The number of aryl methyl sites for hydroxylation is 1. The number of aromatic nitrogens is 3. The highest BCUT2D eigenvalue weighted by Gasteiger charge is 2.30. The minimum atomic E-state index is -0.709. The molecular formula is C23H24ClN5O3. The van der Waals surface area contributed by atoms with E-state index in [1.165, 1.54) is 12.6 Å². The zero-order valence-corrected chi connectivity index (χ0v) is 18.9. The number of halogens is 1. The molecule has 3 aromatic rings. The van der Waals surface area contributed by atoms with Crippen LogP contribution < -0.4 is 16.1 Å². The van der Waals surface area contributed by atoms with Gasteiger partial charge < -0.3 is 9.80 Å². The average molecular weight is 454 g/mol. The molecule has 9 heteroatoms. The Kier molecular flexibility index (Phi) is 5.88. The summed E-state index contributed by atoms with van der Waals surface area (Å²) in [5, 5.41) is 4.65. The number of hydrogen-bond donors (Lipinski definition) is 0. The molecule has 2 heterocycles. The molecule has 0 aliphatic carbocycles. The summed E-state index contributed by atoms with van der Waals surface area (Å²) in [6, 6.07) is 14.7. The van der Waals surface area contributed by atoms with E-state index in [-0.39, 0.29) is 11.7 Å². The predicted octanol–water partition coefficient (Wildman–Crippen LogP) is 2.24. The fourth-order valence-corrected chi connectivity index (χ4v) is 4.07. The molecular weight excluding hydrogens is 430 g/mol. The SMILES string of the molecule is Cc1cccc(N2CCN(C(=O)c3nn(-c4ccc(Cl)cc4)c(=O)n(C)c3=O)C[C@@H]2C)c1. The zero-order chi connectivity index (χ0) is 23.0. The number of carbonyl (C=O) groups excluding carboxylic acids is 1. The van der Waals surface area contributed by atoms with Crippen LogP contribution in [0.5, 0.6) is 0 Å². The van der Waals surface area contributed by atoms with Crippen molar-refractivity contribution in [1.82, 2.24) is 19.2 Å². The number of benzene rings is 2. The number of hydrogen-bond acceptors (Lipinski definition) is 5. The van der Waals surface area contributed by atoms with Gasteiger partial charge in [0.25, 0.3) is 11.5 Å². The first-order valence-corrected chi connectivity index (χ1v) is 10.7. The molecule has 8 nitrogen and oxygen atoms in total. The summed E-state index contributed by atoms with van der Waals surface area (Å²) in [7, 11) is 1.34. The van der Waals surface area contributed by atoms with Crippen molar-refractivity contribution in [1.29, 1.82) is 0 Å². The molecule has 1 aliphatic heterocycles. The molecule has 32 heavy (non-hydrogen) atoms. The Morgan fingerprint density at radius 1 is 1.06 bits per heavy atom. The van der Waals surface area contributed by atoms with Gasteiger partial charge in [0.15, 0.2) is 0 Å². The van der Waals surface area contributed by atoms with Crippen LogP contribution in [0.25, 0.3) is 5.69 Å². The highest BCUT2D eigenvalue weighted by atomic mass is 35.5. The first-order chi connectivity index (χ1) is 15.3. The van der Waals surface area contributed by atoms with Gasteiger partial charge in [0.2, 0.25) is 5.69 Å². The molecule has 1 aromatic heterocycles. The van der Waals surface area contributed by atoms with Gasteiger partial charge in [-0.15, -0.1) is 0 Å². The first kappa shape index (κ1) is 21.8. The number of anilines is 1. The van der Waals surface area contributed by atoms with Gasteiger partial charge in [-0.2, -0.15) is 9.78 Å². The Balaban J connectivity index is 1.63. The van der Waals surface area contributed by atoms with E-state index in [2.05, 4.69) is 22.1 Å². The van der Waals surface area contributed by atoms with E-state index in [0.29, 0.717) is 30.3 Å². The van der Waals surface area contributed by atoms with Crippen LogP contribution in [0.1, 0.15) is 23.0 Å². The molecule has 1 aliphatic rings. The third-order valence-corrected chi connectivity index (χ3v) is 5.95. The molecule has 1 amide bonds. The third-order valence-electron chi connectivity index (χ3n) is 5.70. The average Bonchev–Trinajstić information content (AvgIpc) is 2.78. The van der Waals surface area contributed by atoms with Gasteiger partial charge in [0.05, 0.1) is 5.69 Å². The normalized spacial score (nSPS) is 16.3. The number of rotatable bonds is 3. The summed E-state index contributed by atoms with van der Waals surface area (Å²) in [6.07, 6.45) is 0. The maximum absolute atomic E-state index is 13.3. The van der Waals surface area contributed by atoms with Crippen LogP contribution in [0.4, 0.5) is 5.69 Å². The van der Waals surface area contributed by atoms with Crippen molar-refractivity contribution in [3.8, 4) is 5.69 Å². The Hall–Kier alpha value is -3.39. The fourth-order valence-electron chi connectivity index (χ4n) is 3.94. The molecule has 1 saturated heterocycles. The molecule has 166 valence electrons. The second kappa shape index (κ2) is 8.63. The molecule has 0 N–H and O–H groups in total. The van der Waals surface area contributed by atoms with Crippen LogP contribution in [0.15, 0.2) is 58.1 Å². The lowest BCUT2D eigenvalue weighted by Gasteiger charge is -2.41. The van der Waals surface area contributed by atoms with Crippen LogP contribution in [0.3, 0.4) is 0 Å². The molecule has 0 spiro atoms.